The molecule has 1 aromatic heterocycles. The van der Waals surface area contributed by atoms with Crippen LogP contribution < -0.4 is 15.4 Å². The van der Waals surface area contributed by atoms with Crippen LogP contribution in [-0.2, 0) is 6.54 Å². The van der Waals surface area contributed by atoms with E-state index in [4.69, 9.17) is 0 Å². The predicted molar refractivity (Wildman–Crippen MR) is 138 cm³/mol. The maximum absolute atomic E-state index is 12.8. The van der Waals surface area contributed by atoms with Crippen molar-refractivity contribution in [3.63, 3.8) is 0 Å². The zero-order valence-electron chi connectivity index (χ0n) is 21.6. The first-order chi connectivity index (χ1) is 18.7. The summed E-state index contributed by atoms with van der Waals surface area (Å²) in [5.41, 5.74) is 0.797. The van der Waals surface area contributed by atoms with Crippen LogP contribution in [0.2, 0.25) is 0 Å². The van der Waals surface area contributed by atoms with Gasteiger partial charge in [-0.1, -0.05) is 18.2 Å². The largest absolute Gasteiger partial charge is 0.573 e. The maximum Gasteiger partial charge on any atom is 0.573 e. The molecule has 4 bridgehead atoms. The van der Waals surface area contributed by atoms with Gasteiger partial charge >= 0.3 is 6.36 Å². The summed E-state index contributed by atoms with van der Waals surface area (Å²) in [6.45, 7) is 2.53. The van der Waals surface area contributed by atoms with Gasteiger partial charge in [0.2, 0.25) is 5.95 Å². The van der Waals surface area contributed by atoms with Crippen LogP contribution >= 0.6 is 0 Å². The molecule has 5 fully saturated rings. The van der Waals surface area contributed by atoms with E-state index in [1.807, 2.05) is 0 Å². The lowest BCUT2D eigenvalue weighted by Crippen LogP contribution is -2.60. The normalized spacial score (nSPS) is 31.7. The van der Waals surface area contributed by atoms with Gasteiger partial charge < -0.3 is 20.5 Å². The number of hydrogen-bond acceptors (Lipinski definition) is 8. The molecular weight excluding hydrogens is 509 g/mol. The summed E-state index contributed by atoms with van der Waals surface area (Å²) in [6, 6.07) is 8.63. The molecule has 208 valence electrons. The second-order valence-electron chi connectivity index (χ2n) is 11.8. The summed E-state index contributed by atoms with van der Waals surface area (Å²) >= 11 is 0. The fourth-order valence-corrected chi connectivity index (χ4v) is 8.02. The number of β-amino-alcohol motifs (C(OH)–C–C–N with tert-alkyl or cyclic N) is 1. The minimum atomic E-state index is -4.79. The number of alkyl halides is 3. The van der Waals surface area contributed by atoms with Crippen LogP contribution in [0.4, 0.5) is 24.9 Å². The Morgan fingerprint density at radius 1 is 1.15 bits per heavy atom. The molecule has 2 heterocycles. The summed E-state index contributed by atoms with van der Waals surface area (Å²) < 4.78 is 42.4. The summed E-state index contributed by atoms with van der Waals surface area (Å²) in [7, 11) is 0. The lowest BCUT2D eigenvalue weighted by Gasteiger charge is -2.62. The number of nitrogens with zero attached hydrogens (tertiary/aromatic N) is 4. The molecule has 0 amide bonds. The number of hydrogen-bond donors (Lipinski definition) is 3. The zero-order valence-corrected chi connectivity index (χ0v) is 21.6. The lowest BCUT2D eigenvalue weighted by atomic mass is 9.47. The highest BCUT2D eigenvalue weighted by molar-refractivity contribution is 5.53. The quantitative estimate of drug-likeness (QED) is 0.447. The van der Waals surface area contributed by atoms with E-state index in [1.54, 1.807) is 12.1 Å². The molecule has 4 saturated carbocycles. The van der Waals surface area contributed by atoms with Gasteiger partial charge in [0, 0.05) is 37.8 Å². The molecule has 6 atom stereocenters. The van der Waals surface area contributed by atoms with Crippen molar-refractivity contribution in [2.45, 2.75) is 63.6 Å². The van der Waals surface area contributed by atoms with Gasteiger partial charge in [-0.25, -0.2) is 4.98 Å². The number of anilines is 2. The SMILES string of the molecule is N#Cc1cnc(NCc2ccccc2OC(F)(F)F)nc1NCC12CC3C[C@H](C1)C(N1CCC(O)C1)[C@@H](C3)C2. The van der Waals surface area contributed by atoms with Crippen LogP contribution in [0.1, 0.15) is 49.7 Å². The zero-order chi connectivity index (χ0) is 27.2. The summed E-state index contributed by atoms with van der Waals surface area (Å²) in [5.74, 6) is 2.38. The molecule has 1 aromatic carbocycles. The number of para-hydroxylation sites is 1. The van der Waals surface area contributed by atoms with Crippen molar-refractivity contribution < 1.29 is 23.0 Å². The monoisotopic (exact) mass is 542 g/mol. The first kappa shape index (κ1) is 26.1. The Hall–Kier alpha value is -3.10. The Labute approximate surface area is 225 Å². The van der Waals surface area contributed by atoms with Crippen LogP contribution in [0.5, 0.6) is 5.75 Å². The van der Waals surface area contributed by atoms with Crippen molar-refractivity contribution in [1.29, 1.82) is 5.26 Å². The van der Waals surface area contributed by atoms with Crippen molar-refractivity contribution in [2.75, 3.05) is 30.3 Å². The Bertz CT molecular complexity index is 1230. The Kier molecular flexibility index (Phi) is 6.79. The van der Waals surface area contributed by atoms with Gasteiger partial charge in [-0.3, -0.25) is 4.90 Å². The minimum absolute atomic E-state index is 0.0269. The van der Waals surface area contributed by atoms with E-state index >= 15 is 0 Å². The minimum Gasteiger partial charge on any atom is -0.405 e. The number of nitriles is 1. The topological polar surface area (TPSA) is 106 Å². The number of benzene rings is 1. The summed E-state index contributed by atoms with van der Waals surface area (Å²) in [6.07, 6.45) is 3.30. The third kappa shape index (κ3) is 5.50. The van der Waals surface area contributed by atoms with Crippen LogP contribution in [0.3, 0.4) is 0 Å². The molecule has 2 aromatic rings. The smallest absolute Gasteiger partial charge is 0.405 e. The van der Waals surface area contributed by atoms with E-state index in [9.17, 15) is 23.5 Å². The second-order valence-corrected chi connectivity index (χ2v) is 11.8. The molecule has 4 aliphatic carbocycles. The van der Waals surface area contributed by atoms with Crippen molar-refractivity contribution >= 4 is 11.8 Å². The number of halogens is 3. The molecule has 4 unspecified atom stereocenters. The van der Waals surface area contributed by atoms with E-state index in [0.29, 0.717) is 34.8 Å². The molecule has 0 spiro atoms. The van der Waals surface area contributed by atoms with Crippen molar-refractivity contribution in [2.24, 2.45) is 23.2 Å². The number of aliphatic hydroxyl groups is 1. The Morgan fingerprint density at radius 2 is 1.92 bits per heavy atom. The molecular formula is C28H33F3N6O2. The summed E-state index contributed by atoms with van der Waals surface area (Å²) in [5, 5.41) is 26.2. The lowest BCUT2D eigenvalue weighted by molar-refractivity contribution is -0.274. The van der Waals surface area contributed by atoms with Crippen molar-refractivity contribution in [1.82, 2.24) is 14.9 Å². The average Bonchev–Trinajstić information content (AvgIpc) is 3.31. The standard InChI is InChI=1S/C28H33F3N6O2/c29-28(30,31)39-23-4-2-1-3-18(23)13-33-26-34-14-21(12-32)25(36-26)35-16-27-9-17-7-19(10-27)24(20(8-17)11-27)37-6-5-22(38)15-37/h1-4,14,17,19-20,22,24,38H,5-11,13,15-16H2,(H2,33,34,35,36)/t17?,19-,20+,22?,24?,27?. The third-order valence-electron chi connectivity index (χ3n) is 9.14. The van der Waals surface area contributed by atoms with Crippen LogP contribution in [0.15, 0.2) is 30.5 Å². The van der Waals surface area contributed by atoms with Crippen LogP contribution in [0.25, 0.3) is 0 Å². The van der Waals surface area contributed by atoms with Crippen LogP contribution in [-0.4, -0.2) is 58.1 Å². The third-order valence-corrected chi connectivity index (χ3v) is 9.14. The molecule has 1 saturated heterocycles. The van der Waals surface area contributed by atoms with Crippen molar-refractivity contribution in [3.8, 4) is 11.8 Å². The number of likely N-dealkylation sites (tertiary alicyclic amines) is 1. The Morgan fingerprint density at radius 3 is 2.62 bits per heavy atom. The highest BCUT2D eigenvalue weighted by Gasteiger charge is 2.56. The fraction of sp³-hybridized carbons (Fsp3) is 0.607. The average molecular weight is 543 g/mol. The van der Waals surface area contributed by atoms with Gasteiger partial charge in [0.25, 0.3) is 0 Å². The first-order valence-electron chi connectivity index (χ1n) is 13.7. The molecule has 11 heteroatoms. The van der Waals surface area contributed by atoms with Crippen molar-refractivity contribution in [3.05, 3.63) is 41.6 Å². The molecule has 7 rings (SSSR count). The Balaban J connectivity index is 1.13. The fourth-order valence-electron chi connectivity index (χ4n) is 8.02. The van der Waals surface area contributed by atoms with E-state index in [2.05, 4.69) is 36.3 Å². The number of ether oxygens (including phenoxy) is 1. The molecule has 8 nitrogen and oxygen atoms in total. The molecule has 0 radical (unpaired) electrons. The number of nitrogens with one attached hydrogen (secondary N) is 2. The highest BCUT2D eigenvalue weighted by Crippen LogP contribution is 2.61. The number of rotatable bonds is 8. The van der Waals surface area contributed by atoms with Gasteiger partial charge in [0.05, 0.1) is 12.3 Å². The van der Waals surface area contributed by atoms with Crippen LogP contribution in [0, 0.1) is 34.5 Å². The molecule has 39 heavy (non-hydrogen) atoms. The van der Waals surface area contributed by atoms with E-state index in [0.717, 1.165) is 44.8 Å². The van der Waals surface area contributed by atoms with Gasteiger partial charge in [-0.15, -0.1) is 13.2 Å². The molecule has 1 aliphatic heterocycles. The molecule has 5 aliphatic rings. The number of aromatic nitrogens is 2. The summed E-state index contributed by atoms with van der Waals surface area (Å²) in [4.78, 5) is 11.2. The van der Waals surface area contributed by atoms with Gasteiger partial charge in [-0.2, -0.15) is 10.2 Å². The predicted octanol–water partition coefficient (Wildman–Crippen LogP) is 4.53. The highest BCUT2D eigenvalue weighted by atomic mass is 19.4. The van der Waals surface area contributed by atoms with Gasteiger partial charge in [0.1, 0.15) is 23.2 Å². The van der Waals surface area contributed by atoms with Gasteiger partial charge in [0.15, 0.2) is 0 Å². The second kappa shape index (κ2) is 10.1. The molecule has 3 N–H and O–H groups in total. The first-order valence-corrected chi connectivity index (χ1v) is 13.7. The van der Waals surface area contributed by atoms with E-state index < -0.39 is 6.36 Å². The van der Waals surface area contributed by atoms with Gasteiger partial charge in [-0.05, 0) is 67.8 Å². The maximum atomic E-state index is 12.8. The number of aliphatic hydroxyl groups excluding tert-OH is 1. The van der Waals surface area contributed by atoms with E-state index in [1.165, 1.54) is 37.6 Å². The van der Waals surface area contributed by atoms with E-state index in [-0.39, 0.29) is 29.8 Å².